The molecular formula is C14H17BrN2O. The third-order valence-corrected chi connectivity index (χ3v) is 3.61. The fourth-order valence-corrected chi connectivity index (χ4v) is 2.33. The number of furan rings is 1. The Morgan fingerprint density at radius 2 is 2.06 bits per heavy atom. The van der Waals surface area contributed by atoms with Crippen molar-refractivity contribution in [1.29, 1.82) is 0 Å². The predicted octanol–water partition coefficient (Wildman–Crippen LogP) is 3.56. The summed E-state index contributed by atoms with van der Waals surface area (Å²) in [6.07, 6.45) is 1.73. The number of hydrogen-bond acceptors (Lipinski definition) is 3. The summed E-state index contributed by atoms with van der Waals surface area (Å²) in [7, 11) is 2.09. The molecule has 0 saturated heterocycles. The topological polar surface area (TPSA) is 42.4 Å². The van der Waals surface area contributed by atoms with Crippen LogP contribution in [0.25, 0.3) is 0 Å². The number of hydrogen-bond donors (Lipinski definition) is 1. The van der Waals surface area contributed by atoms with Crippen LogP contribution in [0.5, 0.6) is 0 Å². The van der Waals surface area contributed by atoms with Gasteiger partial charge in [0.05, 0.1) is 6.26 Å². The lowest BCUT2D eigenvalue weighted by atomic mass is 10.2. The lowest BCUT2D eigenvalue weighted by molar-refractivity contribution is 0.316. The van der Waals surface area contributed by atoms with Crippen molar-refractivity contribution in [3.8, 4) is 0 Å². The fourth-order valence-electron chi connectivity index (χ4n) is 1.90. The Bertz CT molecular complexity index is 536. The second-order valence-corrected chi connectivity index (χ2v) is 5.38. The Balaban J connectivity index is 2.01. The SMILES string of the molecule is Cc1occc1CN(C)Cc1ccc(N)c(Br)c1. The Morgan fingerprint density at radius 1 is 1.28 bits per heavy atom. The van der Waals surface area contributed by atoms with Crippen LogP contribution in [0, 0.1) is 6.92 Å². The predicted molar refractivity (Wildman–Crippen MR) is 77.2 cm³/mol. The number of nitrogen functional groups attached to an aromatic ring is 1. The van der Waals surface area contributed by atoms with E-state index in [-0.39, 0.29) is 0 Å². The van der Waals surface area contributed by atoms with E-state index >= 15 is 0 Å². The Hall–Kier alpha value is -1.26. The summed E-state index contributed by atoms with van der Waals surface area (Å²) in [6, 6.07) is 8.06. The van der Waals surface area contributed by atoms with Gasteiger partial charge in [-0.2, -0.15) is 0 Å². The molecule has 3 nitrogen and oxygen atoms in total. The van der Waals surface area contributed by atoms with Gasteiger partial charge in [-0.15, -0.1) is 0 Å². The molecule has 4 heteroatoms. The number of anilines is 1. The van der Waals surface area contributed by atoms with E-state index in [1.54, 1.807) is 6.26 Å². The van der Waals surface area contributed by atoms with Crippen molar-refractivity contribution in [3.63, 3.8) is 0 Å². The molecule has 2 rings (SSSR count). The van der Waals surface area contributed by atoms with Crippen LogP contribution in [0.3, 0.4) is 0 Å². The van der Waals surface area contributed by atoms with Gasteiger partial charge in [0.1, 0.15) is 5.76 Å². The normalized spacial score (nSPS) is 11.1. The van der Waals surface area contributed by atoms with Gasteiger partial charge in [-0.3, -0.25) is 4.90 Å². The van der Waals surface area contributed by atoms with Gasteiger partial charge in [-0.25, -0.2) is 0 Å². The van der Waals surface area contributed by atoms with E-state index in [0.29, 0.717) is 0 Å². The first-order chi connectivity index (χ1) is 8.56. The molecule has 2 aromatic rings. The maximum absolute atomic E-state index is 5.78. The molecule has 2 N–H and O–H groups in total. The molecule has 0 radical (unpaired) electrons. The minimum absolute atomic E-state index is 0.770. The number of nitrogens with zero attached hydrogens (tertiary/aromatic N) is 1. The summed E-state index contributed by atoms with van der Waals surface area (Å²) in [5, 5.41) is 0. The van der Waals surface area contributed by atoms with Gasteiger partial charge >= 0.3 is 0 Å². The zero-order chi connectivity index (χ0) is 13.1. The van der Waals surface area contributed by atoms with Crippen molar-refractivity contribution in [1.82, 2.24) is 4.90 Å². The molecule has 1 aromatic heterocycles. The molecule has 0 aliphatic heterocycles. The number of halogens is 1. The van der Waals surface area contributed by atoms with Gasteiger partial charge in [0.15, 0.2) is 0 Å². The van der Waals surface area contributed by atoms with Gasteiger partial charge in [0, 0.05) is 28.8 Å². The first kappa shape index (κ1) is 13.2. The number of aryl methyl sites for hydroxylation is 1. The van der Waals surface area contributed by atoms with E-state index in [1.165, 1.54) is 11.1 Å². The van der Waals surface area contributed by atoms with Gasteiger partial charge in [-0.05, 0) is 53.7 Å². The van der Waals surface area contributed by atoms with Crippen molar-refractivity contribution < 1.29 is 4.42 Å². The van der Waals surface area contributed by atoms with Crippen molar-refractivity contribution >= 4 is 21.6 Å². The summed E-state index contributed by atoms with van der Waals surface area (Å²) in [5.74, 6) is 0.986. The molecular weight excluding hydrogens is 292 g/mol. The standard InChI is InChI=1S/C14H17BrN2O/c1-10-12(5-6-18-10)9-17(2)8-11-3-4-14(16)13(15)7-11/h3-7H,8-9,16H2,1-2H3. The van der Waals surface area contributed by atoms with E-state index in [0.717, 1.165) is 29.0 Å². The van der Waals surface area contributed by atoms with Gasteiger partial charge in [-0.1, -0.05) is 6.07 Å². The van der Waals surface area contributed by atoms with Crippen LogP contribution in [0.1, 0.15) is 16.9 Å². The smallest absolute Gasteiger partial charge is 0.105 e. The quantitative estimate of drug-likeness (QED) is 0.878. The van der Waals surface area contributed by atoms with Crippen molar-refractivity contribution in [2.45, 2.75) is 20.0 Å². The minimum Gasteiger partial charge on any atom is -0.469 e. The highest BCUT2D eigenvalue weighted by molar-refractivity contribution is 9.10. The molecule has 0 atom stereocenters. The molecule has 0 spiro atoms. The molecule has 0 aliphatic rings. The lowest BCUT2D eigenvalue weighted by Gasteiger charge is -2.16. The van der Waals surface area contributed by atoms with Crippen LogP contribution >= 0.6 is 15.9 Å². The number of nitrogens with two attached hydrogens (primary N) is 1. The van der Waals surface area contributed by atoms with Crippen molar-refractivity contribution in [3.05, 3.63) is 51.9 Å². The third-order valence-electron chi connectivity index (χ3n) is 2.92. The van der Waals surface area contributed by atoms with Gasteiger partial charge < -0.3 is 10.2 Å². The van der Waals surface area contributed by atoms with E-state index in [9.17, 15) is 0 Å². The van der Waals surface area contributed by atoms with Crippen LogP contribution in [-0.2, 0) is 13.1 Å². The zero-order valence-electron chi connectivity index (χ0n) is 10.6. The zero-order valence-corrected chi connectivity index (χ0v) is 12.2. The van der Waals surface area contributed by atoms with E-state index < -0.39 is 0 Å². The van der Waals surface area contributed by atoms with Crippen LogP contribution in [-0.4, -0.2) is 11.9 Å². The molecule has 0 aliphatic carbocycles. The maximum Gasteiger partial charge on any atom is 0.105 e. The molecule has 0 saturated carbocycles. The average molecular weight is 309 g/mol. The fraction of sp³-hybridized carbons (Fsp3) is 0.286. The summed E-state index contributed by atoms with van der Waals surface area (Å²) in [4.78, 5) is 2.25. The van der Waals surface area contributed by atoms with Crippen LogP contribution in [0.2, 0.25) is 0 Å². The molecule has 18 heavy (non-hydrogen) atoms. The monoisotopic (exact) mass is 308 g/mol. The first-order valence-corrected chi connectivity index (χ1v) is 6.61. The Morgan fingerprint density at radius 3 is 2.67 bits per heavy atom. The number of rotatable bonds is 4. The third kappa shape index (κ3) is 3.15. The molecule has 0 fully saturated rings. The van der Waals surface area contributed by atoms with Crippen molar-refractivity contribution in [2.24, 2.45) is 0 Å². The highest BCUT2D eigenvalue weighted by atomic mass is 79.9. The lowest BCUT2D eigenvalue weighted by Crippen LogP contribution is -2.17. The van der Waals surface area contributed by atoms with E-state index in [4.69, 9.17) is 10.2 Å². The summed E-state index contributed by atoms with van der Waals surface area (Å²) in [6.45, 7) is 3.75. The van der Waals surface area contributed by atoms with Crippen LogP contribution in [0.4, 0.5) is 5.69 Å². The highest BCUT2D eigenvalue weighted by Gasteiger charge is 2.07. The minimum atomic E-state index is 0.770. The molecule has 0 bridgehead atoms. The molecule has 0 amide bonds. The maximum atomic E-state index is 5.78. The molecule has 96 valence electrons. The van der Waals surface area contributed by atoms with Gasteiger partial charge in [0.25, 0.3) is 0 Å². The largest absolute Gasteiger partial charge is 0.469 e. The van der Waals surface area contributed by atoms with Crippen molar-refractivity contribution in [2.75, 3.05) is 12.8 Å². The summed E-state index contributed by atoms with van der Waals surface area (Å²) >= 11 is 3.45. The van der Waals surface area contributed by atoms with E-state index in [1.807, 2.05) is 19.1 Å². The highest BCUT2D eigenvalue weighted by Crippen LogP contribution is 2.21. The average Bonchev–Trinajstić information content (AvgIpc) is 2.70. The van der Waals surface area contributed by atoms with E-state index in [2.05, 4.69) is 40.0 Å². The second-order valence-electron chi connectivity index (χ2n) is 4.53. The molecule has 1 heterocycles. The van der Waals surface area contributed by atoms with Gasteiger partial charge in [0.2, 0.25) is 0 Å². The van der Waals surface area contributed by atoms with Crippen LogP contribution in [0.15, 0.2) is 39.4 Å². The summed E-state index contributed by atoms with van der Waals surface area (Å²) < 4.78 is 6.25. The molecule has 1 aromatic carbocycles. The number of benzene rings is 1. The first-order valence-electron chi connectivity index (χ1n) is 5.81. The Labute approximate surface area is 116 Å². The summed E-state index contributed by atoms with van der Waals surface area (Å²) in [5.41, 5.74) is 9.01. The Kier molecular flexibility index (Phi) is 4.09. The second kappa shape index (κ2) is 5.59. The van der Waals surface area contributed by atoms with Crippen LogP contribution < -0.4 is 5.73 Å². The molecule has 0 unspecified atom stereocenters.